The highest BCUT2D eigenvalue weighted by Crippen LogP contribution is 2.30. The van der Waals surface area contributed by atoms with E-state index >= 15 is 0 Å². The van der Waals surface area contributed by atoms with Crippen LogP contribution in [-0.2, 0) is 0 Å². The van der Waals surface area contributed by atoms with Crippen molar-refractivity contribution in [3.05, 3.63) is 17.0 Å². The molecule has 0 bridgehead atoms. The minimum absolute atomic E-state index is 0.334. The molecule has 0 aromatic carbocycles. The van der Waals surface area contributed by atoms with Crippen LogP contribution in [0.2, 0.25) is 0 Å². The molecule has 1 aromatic rings. The van der Waals surface area contributed by atoms with Crippen molar-refractivity contribution < 1.29 is 4.74 Å². The first-order chi connectivity index (χ1) is 7.79. The topological polar surface area (TPSA) is 35.0 Å². The molecule has 1 saturated carbocycles. The Bertz CT molecular complexity index is 346. The molecule has 88 valence electrons. The third kappa shape index (κ3) is 2.94. The second-order valence-electron chi connectivity index (χ2n) is 4.29. The van der Waals surface area contributed by atoms with Crippen molar-refractivity contribution in [2.45, 2.75) is 45.1 Å². The van der Waals surface area contributed by atoms with Crippen LogP contribution in [0, 0.1) is 5.92 Å². The summed E-state index contributed by atoms with van der Waals surface area (Å²) < 4.78 is 6.74. The lowest BCUT2D eigenvalue weighted by Crippen LogP contribution is -2.30. The van der Waals surface area contributed by atoms with Gasteiger partial charge in [0.25, 0.3) is 0 Å². The van der Waals surface area contributed by atoms with Crippen molar-refractivity contribution in [2.75, 3.05) is 0 Å². The number of hydrogen-bond acceptors (Lipinski definition) is 3. The zero-order chi connectivity index (χ0) is 11.4. The molecule has 4 heteroatoms. The van der Waals surface area contributed by atoms with Gasteiger partial charge in [-0.05, 0) is 47.5 Å². The summed E-state index contributed by atoms with van der Waals surface area (Å²) in [6.45, 7) is 2.24. The average molecular weight is 285 g/mol. The second-order valence-corrected chi connectivity index (χ2v) is 5.10. The average Bonchev–Trinajstić information content (AvgIpc) is 2.30. The van der Waals surface area contributed by atoms with Gasteiger partial charge in [-0.1, -0.05) is 13.3 Å². The summed E-state index contributed by atoms with van der Waals surface area (Å²) in [4.78, 5) is 8.14. The highest BCUT2D eigenvalue weighted by Gasteiger charge is 2.25. The molecular formula is C12H17BrN2O. The Kier molecular flexibility index (Phi) is 4.16. The summed E-state index contributed by atoms with van der Waals surface area (Å²) in [5.74, 6) is 1.37. The maximum atomic E-state index is 5.96. The standard InChI is InChI=1S/C12H17BrN2O/c1-2-9-5-3-4-6-10(9)16-12-7-11(13)14-8-15-12/h7-10H,2-6H2,1H3. The minimum Gasteiger partial charge on any atom is -0.474 e. The van der Waals surface area contributed by atoms with E-state index < -0.39 is 0 Å². The van der Waals surface area contributed by atoms with Crippen LogP contribution in [0.4, 0.5) is 0 Å². The molecule has 1 heterocycles. The van der Waals surface area contributed by atoms with E-state index in [1.807, 2.05) is 6.07 Å². The fourth-order valence-electron chi connectivity index (χ4n) is 2.33. The van der Waals surface area contributed by atoms with Crippen LogP contribution in [0.25, 0.3) is 0 Å². The largest absolute Gasteiger partial charge is 0.474 e. The highest BCUT2D eigenvalue weighted by atomic mass is 79.9. The Morgan fingerprint density at radius 3 is 2.94 bits per heavy atom. The summed E-state index contributed by atoms with van der Waals surface area (Å²) in [5, 5.41) is 0. The Morgan fingerprint density at radius 1 is 1.38 bits per heavy atom. The number of ether oxygens (including phenoxy) is 1. The number of hydrogen-bond donors (Lipinski definition) is 0. The molecule has 0 aliphatic heterocycles. The van der Waals surface area contributed by atoms with Crippen molar-refractivity contribution in [3.8, 4) is 5.88 Å². The molecule has 0 N–H and O–H groups in total. The minimum atomic E-state index is 0.334. The number of aromatic nitrogens is 2. The lowest BCUT2D eigenvalue weighted by Gasteiger charge is -2.30. The van der Waals surface area contributed by atoms with Crippen LogP contribution in [0.5, 0.6) is 5.88 Å². The lowest BCUT2D eigenvalue weighted by atomic mass is 9.85. The fourth-order valence-corrected chi connectivity index (χ4v) is 2.62. The van der Waals surface area contributed by atoms with Gasteiger partial charge < -0.3 is 4.74 Å². The summed E-state index contributed by atoms with van der Waals surface area (Å²) in [6.07, 6.45) is 8.10. The molecule has 2 atom stereocenters. The van der Waals surface area contributed by atoms with E-state index in [-0.39, 0.29) is 0 Å². The molecule has 2 unspecified atom stereocenters. The van der Waals surface area contributed by atoms with Gasteiger partial charge >= 0.3 is 0 Å². The van der Waals surface area contributed by atoms with Crippen LogP contribution in [-0.4, -0.2) is 16.1 Å². The quantitative estimate of drug-likeness (QED) is 0.796. The van der Waals surface area contributed by atoms with Gasteiger partial charge in [-0.25, -0.2) is 9.97 Å². The fraction of sp³-hybridized carbons (Fsp3) is 0.667. The second kappa shape index (κ2) is 5.62. The first-order valence-corrected chi connectivity index (χ1v) is 6.73. The number of halogens is 1. The first-order valence-electron chi connectivity index (χ1n) is 5.93. The summed E-state index contributed by atoms with van der Waals surface area (Å²) >= 11 is 3.33. The van der Waals surface area contributed by atoms with E-state index in [1.54, 1.807) is 0 Å². The van der Waals surface area contributed by atoms with E-state index in [0.29, 0.717) is 17.9 Å². The van der Waals surface area contributed by atoms with Gasteiger partial charge in [-0.15, -0.1) is 0 Å². The molecule has 0 amide bonds. The zero-order valence-corrected chi connectivity index (χ0v) is 11.1. The van der Waals surface area contributed by atoms with Gasteiger partial charge in [0.1, 0.15) is 17.0 Å². The first kappa shape index (κ1) is 11.8. The molecule has 0 radical (unpaired) electrons. The summed E-state index contributed by atoms with van der Waals surface area (Å²) in [5.41, 5.74) is 0. The van der Waals surface area contributed by atoms with E-state index in [1.165, 1.54) is 32.0 Å². The SMILES string of the molecule is CCC1CCCCC1Oc1cc(Br)ncn1. The smallest absolute Gasteiger partial charge is 0.217 e. The van der Waals surface area contributed by atoms with Crippen molar-refractivity contribution in [1.29, 1.82) is 0 Å². The van der Waals surface area contributed by atoms with Gasteiger partial charge in [-0.3, -0.25) is 0 Å². The van der Waals surface area contributed by atoms with Crippen molar-refractivity contribution in [1.82, 2.24) is 9.97 Å². The third-order valence-corrected chi connectivity index (χ3v) is 3.68. The lowest BCUT2D eigenvalue weighted by molar-refractivity contribution is 0.0856. The molecule has 1 aliphatic rings. The highest BCUT2D eigenvalue weighted by molar-refractivity contribution is 9.10. The van der Waals surface area contributed by atoms with Crippen LogP contribution in [0.1, 0.15) is 39.0 Å². The Hall–Kier alpha value is -0.640. The summed E-state index contributed by atoms with van der Waals surface area (Å²) in [6, 6.07) is 1.83. The molecule has 1 fully saturated rings. The summed E-state index contributed by atoms with van der Waals surface area (Å²) in [7, 11) is 0. The van der Waals surface area contributed by atoms with Gasteiger partial charge in [0, 0.05) is 6.07 Å². The number of nitrogens with zero attached hydrogens (tertiary/aromatic N) is 2. The molecule has 3 nitrogen and oxygen atoms in total. The van der Waals surface area contributed by atoms with Crippen molar-refractivity contribution >= 4 is 15.9 Å². The molecule has 1 aromatic heterocycles. The Labute approximate surface area is 105 Å². The van der Waals surface area contributed by atoms with E-state index in [0.717, 1.165) is 11.0 Å². The Morgan fingerprint density at radius 2 is 2.19 bits per heavy atom. The molecule has 2 rings (SSSR count). The maximum absolute atomic E-state index is 5.96. The molecular weight excluding hydrogens is 268 g/mol. The van der Waals surface area contributed by atoms with E-state index in [2.05, 4.69) is 32.8 Å². The Balaban J connectivity index is 2.02. The van der Waals surface area contributed by atoms with Crippen LogP contribution in [0.3, 0.4) is 0 Å². The van der Waals surface area contributed by atoms with Crippen LogP contribution in [0.15, 0.2) is 17.0 Å². The molecule has 0 saturated heterocycles. The van der Waals surface area contributed by atoms with Crippen molar-refractivity contribution in [2.24, 2.45) is 5.92 Å². The van der Waals surface area contributed by atoms with Crippen LogP contribution >= 0.6 is 15.9 Å². The maximum Gasteiger partial charge on any atom is 0.217 e. The van der Waals surface area contributed by atoms with E-state index in [9.17, 15) is 0 Å². The monoisotopic (exact) mass is 284 g/mol. The van der Waals surface area contributed by atoms with Crippen molar-refractivity contribution in [3.63, 3.8) is 0 Å². The predicted octanol–water partition coefficient (Wildman–Crippen LogP) is 3.59. The predicted molar refractivity (Wildman–Crippen MR) is 66.4 cm³/mol. The van der Waals surface area contributed by atoms with Gasteiger partial charge in [0.15, 0.2) is 0 Å². The zero-order valence-electron chi connectivity index (χ0n) is 9.53. The van der Waals surface area contributed by atoms with Gasteiger partial charge in [0.05, 0.1) is 0 Å². The van der Waals surface area contributed by atoms with E-state index in [4.69, 9.17) is 4.74 Å². The number of rotatable bonds is 3. The van der Waals surface area contributed by atoms with Crippen LogP contribution < -0.4 is 4.74 Å². The normalized spacial score (nSPS) is 25.4. The van der Waals surface area contributed by atoms with Gasteiger partial charge in [0.2, 0.25) is 5.88 Å². The third-order valence-electron chi connectivity index (χ3n) is 3.24. The molecule has 1 aliphatic carbocycles. The molecule has 0 spiro atoms. The molecule has 16 heavy (non-hydrogen) atoms. The van der Waals surface area contributed by atoms with Gasteiger partial charge in [-0.2, -0.15) is 0 Å².